The minimum absolute atomic E-state index is 0.276. The Hall–Kier alpha value is -1.87. The molecule has 1 aromatic carbocycles. The number of hydrogen-bond donors (Lipinski definition) is 1. The Bertz CT molecular complexity index is 475. The Balaban J connectivity index is 2.20. The standard InChI is InChI=1S/C14H16N2O/c1-16(2)10-11-3-8-14(15-9-11)12-4-6-13(17)7-5-12/h3-9,17H,10H2,1-2H3. The summed E-state index contributed by atoms with van der Waals surface area (Å²) in [6, 6.07) is 11.2. The second-order valence-electron chi connectivity index (χ2n) is 4.34. The van der Waals surface area contributed by atoms with Crippen molar-refractivity contribution in [3.63, 3.8) is 0 Å². The molecule has 0 fully saturated rings. The maximum Gasteiger partial charge on any atom is 0.115 e. The number of rotatable bonds is 3. The number of aromatic nitrogens is 1. The number of nitrogens with zero attached hydrogens (tertiary/aromatic N) is 2. The fourth-order valence-electron chi connectivity index (χ4n) is 1.69. The lowest BCUT2D eigenvalue weighted by molar-refractivity contribution is 0.402. The minimum atomic E-state index is 0.276. The zero-order valence-electron chi connectivity index (χ0n) is 10.1. The van der Waals surface area contributed by atoms with Crippen LogP contribution in [0.5, 0.6) is 5.75 Å². The zero-order valence-corrected chi connectivity index (χ0v) is 10.1. The molecule has 3 heteroatoms. The molecule has 2 aromatic rings. The van der Waals surface area contributed by atoms with Crippen molar-refractivity contribution in [3.05, 3.63) is 48.2 Å². The summed E-state index contributed by atoms with van der Waals surface area (Å²) in [7, 11) is 4.07. The lowest BCUT2D eigenvalue weighted by Gasteiger charge is -2.09. The van der Waals surface area contributed by atoms with Gasteiger partial charge in [-0.05, 0) is 50.0 Å². The van der Waals surface area contributed by atoms with Gasteiger partial charge in [-0.15, -0.1) is 0 Å². The Morgan fingerprint density at radius 3 is 2.29 bits per heavy atom. The van der Waals surface area contributed by atoms with Crippen LogP contribution in [0.3, 0.4) is 0 Å². The van der Waals surface area contributed by atoms with Crippen LogP contribution >= 0.6 is 0 Å². The molecule has 0 amide bonds. The number of phenolic OH excluding ortho intramolecular Hbond substituents is 1. The van der Waals surface area contributed by atoms with Gasteiger partial charge in [0.15, 0.2) is 0 Å². The van der Waals surface area contributed by atoms with Crippen molar-refractivity contribution in [3.8, 4) is 17.0 Å². The van der Waals surface area contributed by atoms with E-state index in [2.05, 4.69) is 16.0 Å². The second kappa shape index (κ2) is 4.97. The van der Waals surface area contributed by atoms with Crippen molar-refractivity contribution in [2.24, 2.45) is 0 Å². The Morgan fingerprint density at radius 1 is 1.06 bits per heavy atom. The summed E-state index contributed by atoms with van der Waals surface area (Å²) in [6.07, 6.45) is 1.89. The molecule has 1 aromatic heterocycles. The van der Waals surface area contributed by atoms with Crippen LogP contribution in [0.25, 0.3) is 11.3 Å². The smallest absolute Gasteiger partial charge is 0.115 e. The van der Waals surface area contributed by atoms with Gasteiger partial charge in [0.25, 0.3) is 0 Å². The predicted molar refractivity (Wildman–Crippen MR) is 68.7 cm³/mol. The van der Waals surface area contributed by atoms with Crippen molar-refractivity contribution >= 4 is 0 Å². The van der Waals surface area contributed by atoms with Crippen LogP contribution < -0.4 is 0 Å². The Morgan fingerprint density at radius 2 is 1.76 bits per heavy atom. The van der Waals surface area contributed by atoms with E-state index in [-0.39, 0.29) is 5.75 Å². The number of benzene rings is 1. The highest BCUT2D eigenvalue weighted by molar-refractivity contribution is 5.59. The molecule has 0 unspecified atom stereocenters. The third kappa shape index (κ3) is 3.04. The maximum atomic E-state index is 9.22. The van der Waals surface area contributed by atoms with E-state index in [1.807, 2.05) is 38.5 Å². The molecule has 17 heavy (non-hydrogen) atoms. The molecule has 2 rings (SSSR count). The van der Waals surface area contributed by atoms with Crippen LogP contribution in [-0.2, 0) is 6.54 Å². The maximum absolute atomic E-state index is 9.22. The molecule has 1 heterocycles. The second-order valence-corrected chi connectivity index (χ2v) is 4.34. The fourth-order valence-corrected chi connectivity index (χ4v) is 1.69. The minimum Gasteiger partial charge on any atom is -0.508 e. The van der Waals surface area contributed by atoms with Gasteiger partial charge in [0.1, 0.15) is 5.75 Å². The predicted octanol–water partition coefficient (Wildman–Crippen LogP) is 2.52. The van der Waals surface area contributed by atoms with E-state index >= 15 is 0 Å². The summed E-state index contributed by atoms with van der Waals surface area (Å²) in [5.41, 5.74) is 3.13. The first-order valence-corrected chi connectivity index (χ1v) is 5.54. The summed E-state index contributed by atoms with van der Waals surface area (Å²) in [4.78, 5) is 6.53. The molecule has 0 aliphatic heterocycles. The first-order chi connectivity index (χ1) is 8.15. The van der Waals surface area contributed by atoms with Crippen molar-refractivity contribution in [2.75, 3.05) is 14.1 Å². The van der Waals surface area contributed by atoms with Gasteiger partial charge in [0.05, 0.1) is 5.69 Å². The lowest BCUT2D eigenvalue weighted by atomic mass is 10.1. The molecule has 1 N–H and O–H groups in total. The molecule has 88 valence electrons. The van der Waals surface area contributed by atoms with Gasteiger partial charge in [0, 0.05) is 18.3 Å². The number of hydrogen-bond acceptors (Lipinski definition) is 3. The molecule has 0 bridgehead atoms. The van der Waals surface area contributed by atoms with Crippen LogP contribution in [0.15, 0.2) is 42.6 Å². The summed E-state index contributed by atoms with van der Waals surface area (Å²) in [5.74, 6) is 0.276. The van der Waals surface area contributed by atoms with E-state index in [4.69, 9.17) is 0 Å². The van der Waals surface area contributed by atoms with Crippen LogP contribution in [0.1, 0.15) is 5.56 Å². The third-order valence-corrected chi connectivity index (χ3v) is 2.49. The molecule has 0 aliphatic rings. The van der Waals surface area contributed by atoms with E-state index in [0.29, 0.717) is 0 Å². The van der Waals surface area contributed by atoms with Gasteiger partial charge in [-0.3, -0.25) is 4.98 Å². The normalized spacial score (nSPS) is 10.8. The van der Waals surface area contributed by atoms with E-state index in [0.717, 1.165) is 17.8 Å². The molecule has 0 radical (unpaired) electrons. The molecule has 0 spiro atoms. The van der Waals surface area contributed by atoms with Gasteiger partial charge in [-0.2, -0.15) is 0 Å². The largest absolute Gasteiger partial charge is 0.508 e. The van der Waals surface area contributed by atoms with E-state index in [9.17, 15) is 5.11 Å². The molecule has 0 atom stereocenters. The molecule has 3 nitrogen and oxygen atoms in total. The molecule has 0 aliphatic carbocycles. The summed E-state index contributed by atoms with van der Waals surface area (Å²) < 4.78 is 0. The quantitative estimate of drug-likeness (QED) is 0.877. The fraction of sp³-hybridized carbons (Fsp3) is 0.214. The van der Waals surface area contributed by atoms with Crippen LogP contribution in [0, 0.1) is 0 Å². The average Bonchev–Trinajstić information content (AvgIpc) is 2.30. The van der Waals surface area contributed by atoms with E-state index in [1.54, 1.807) is 12.1 Å². The van der Waals surface area contributed by atoms with Crippen molar-refractivity contribution in [2.45, 2.75) is 6.54 Å². The third-order valence-electron chi connectivity index (χ3n) is 2.49. The topological polar surface area (TPSA) is 36.4 Å². The van der Waals surface area contributed by atoms with Crippen LogP contribution in [-0.4, -0.2) is 29.1 Å². The molecule has 0 saturated heterocycles. The SMILES string of the molecule is CN(C)Cc1ccc(-c2ccc(O)cc2)nc1. The first-order valence-electron chi connectivity index (χ1n) is 5.54. The molecular weight excluding hydrogens is 212 g/mol. The van der Waals surface area contributed by atoms with E-state index < -0.39 is 0 Å². The highest BCUT2D eigenvalue weighted by Crippen LogP contribution is 2.20. The average molecular weight is 228 g/mol. The van der Waals surface area contributed by atoms with Crippen molar-refractivity contribution in [1.29, 1.82) is 0 Å². The van der Waals surface area contributed by atoms with Gasteiger partial charge < -0.3 is 10.0 Å². The van der Waals surface area contributed by atoms with Gasteiger partial charge in [-0.1, -0.05) is 6.07 Å². The van der Waals surface area contributed by atoms with Crippen LogP contribution in [0.2, 0.25) is 0 Å². The monoisotopic (exact) mass is 228 g/mol. The molecular formula is C14H16N2O. The van der Waals surface area contributed by atoms with Gasteiger partial charge in [0.2, 0.25) is 0 Å². The summed E-state index contributed by atoms with van der Waals surface area (Å²) in [6.45, 7) is 0.892. The van der Waals surface area contributed by atoms with Gasteiger partial charge in [-0.25, -0.2) is 0 Å². The van der Waals surface area contributed by atoms with Crippen molar-refractivity contribution in [1.82, 2.24) is 9.88 Å². The molecule has 0 saturated carbocycles. The number of phenols is 1. The van der Waals surface area contributed by atoms with Crippen molar-refractivity contribution < 1.29 is 5.11 Å². The zero-order chi connectivity index (χ0) is 12.3. The Kier molecular flexibility index (Phi) is 3.40. The first kappa shape index (κ1) is 11.6. The van der Waals surface area contributed by atoms with Gasteiger partial charge >= 0.3 is 0 Å². The number of aromatic hydroxyl groups is 1. The highest BCUT2D eigenvalue weighted by Gasteiger charge is 2.00. The summed E-state index contributed by atoms with van der Waals surface area (Å²) >= 11 is 0. The number of pyridine rings is 1. The highest BCUT2D eigenvalue weighted by atomic mass is 16.3. The lowest BCUT2D eigenvalue weighted by Crippen LogP contribution is -2.10. The summed E-state index contributed by atoms with van der Waals surface area (Å²) in [5, 5.41) is 9.22. The van der Waals surface area contributed by atoms with Crippen LogP contribution in [0.4, 0.5) is 0 Å². The van der Waals surface area contributed by atoms with E-state index in [1.165, 1.54) is 5.56 Å². The Labute approximate surface area is 101 Å².